The zero-order valence-corrected chi connectivity index (χ0v) is 23.8. The summed E-state index contributed by atoms with van der Waals surface area (Å²) in [6, 6.07) is 7.65. The van der Waals surface area contributed by atoms with Crippen LogP contribution in [0.3, 0.4) is 0 Å². The highest BCUT2D eigenvalue weighted by molar-refractivity contribution is 6.90. The van der Waals surface area contributed by atoms with Crippen LogP contribution < -0.4 is 38.8 Å². The van der Waals surface area contributed by atoms with Crippen LogP contribution in [-0.2, 0) is 0 Å². The molecular formula is C24H40O6Si2. The Labute approximate surface area is 195 Å². The molecule has 0 amide bonds. The molecule has 0 spiro atoms. The number of hydrogen-bond donors (Lipinski definition) is 0. The summed E-state index contributed by atoms with van der Waals surface area (Å²) in [5, 5.41) is 2.39. The summed E-state index contributed by atoms with van der Waals surface area (Å²) in [5.74, 6) is 4.95. The largest absolute Gasteiger partial charge is 0.497 e. The fraction of sp³-hybridized carbons (Fsp3) is 0.500. The lowest BCUT2D eigenvalue weighted by Gasteiger charge is -2.23. The van der Waals surface area contributed by atoms with Crippen LogP contribution in [0, 0.1) is 0 Å². The van der Waals surface area contributed by atoms with Crippen molar-refractivity contribution in [1.29, 1.82) is 0 Å². The molecule has 0 atom stereocenters. The molecule has 0 aliphatic heterocycles. The van der Waals surface area contributed by atoms with E-state index in [-0.39, 0.29) is 0 Å². The van der Waals surface area contributed by atoms with Gasteiger partial charge in [0.05, 0.1) is 58.8 Å². The third kappa shape index (κ3) is 6.83. The number of hydrogen-bond acceptors (Lipinski definition) is 6. The number of rotatable bonds is 8. The summed E-state index contributed by atoms with van der Waals surface area (Å²) in [6.45, 7) is 13.6. The molecule has 0 unspecified atom stereocenters. The molecule has 0 bridgehead atoms. The van der Waals surface area contributed by atoms with Crippen LogP contribution in [-0.4, -0.2) is 58.8 Å². The molecule has 180 valence electrons. The SMILES string of the molecule is COc1cc(OC)c([Si](C)(C)C)c(OC)c1.COc1cc(OC)c([Si](C)(C)C)c(OC)c1. The van der Waals surface area contributed by atoms with Crippen molar-refractivity contribution >= 4 is 26.5 Å². The highest BCUT2D eigenvalue weighted by Gasteiger charge is 2.27. The second-order valence-corrected chi connectivity index (χ2v) is 19.3. The molecular weight excluding hydrogens is 440 g/mol. The zero-order chi connectivity index (χ0) is 24.7. The van der Waals surface area contributed by atoms with Crippen LogP contribution in [0.4, 0.5) is 0 Å². The van der Waals surface area contributed by atoms with Gasteiger partial charge in [-0.25, -0.2) is 0 Å². The smallest absolute Gasteiger partial charge is 0.126 e. The molecule has 0 aromatic heterocycles. The molecule has 32 heavy (non-hydrogen) atoms. The number of methoxy groups -OCH3 is 6. The lowest BCUT2D eigenvalue weighted by molar-refractivity contribution is 0.379. The average Bonchev–Trinajstić information content (AvgIpc) is 2.75. The highest BCUT2D eigenvalue weighted by atomic mass is 28.3. The first-order chi connectivity index (χ1) is 14.9. The first-order valence-corrected chi connectivity index (χ1v) is 17.5. The third-order valence-corrected chi connectivity index (χ3v) is 8.92. The first-order valence-electron chi connectivity index (χ1n) is 10.5. The van der Waals surface area contributed by atoms with Crippen LogP contribution in [0.2, 0.25) is 39.3 Å². The van der Waals surface area contributed by atoms with E-state index in [4.69, 9.17) is 28.4 Å². The molecule has 0 fully saturated rings. The van der Waals surface area contributed by atoms with Gasteiger partial charge in [0.15, 0.2) is 0 Å². The minimum Gasteiger partial charge on any atom is -0.497 e. The van der Waals surface area contributed by atoms with Gasteiger partial charge in [0, 0.05) is 34.6 Å². The number of ether oxygens (including phenoxy) is 6. The topological polar surface area (TPSA) is 55.4 Å². The van der Waals surface area contributed by atoms with Crippen LogP contribution in [0.1, 0.15) is 0 Å². The Morgan fingerprint density at radius 3 is 0.750 bits per heavy atom. The van der Waals surface area contributed by atoms with Crippen molar-refractivity contribution in [2.75, 3.05) is 42.7 Å². The van der Waals surface area contributed by atoms with Gasteiger partial charge in [0.2, 0.25) is 0 Å². The van der Waals surface area contributed by atoms with Gasteiger partial charge in [0.1, 0.15) is 34.5 Å². The first kappa shape index (κ1) is 27.7. The Hall–Kier alpha value is -2.33. The van der Waals surface area contributed by atoms with E-state index in [2.05, 4.69) is 39.3 Å². The van der Waals surface area contributed by atoms with Crippen LogP contribution in [0.5, 0.6) is 34.5 Å². The van der Waals surface area contributed by atoms with Gasteiger partial charge in [-0.3, -0.25) is 0 Å². The van der Waals surface area contributed by atoms with Gasteiger partial charge in [-0.05, 0) is 0 Å². The summed E-state index contributed by atoms with van der Waals surface area (Å²) in [4.78, 5) is 0. The van der Waals surface area contributed by atoms with Crippen LogP contribution >= 0.6 is 0 Å². The molecule has 2 aromatic carbocycles. The van der Waals surface area contributed by atoms with Crippen molar-refractivity contribution < 1.29 is 28.4 Å². The Bertz CT molecular complexity index is 762. The lowest BCUT2D eigenvalue weighted by Crippen LogP contribution is -2.39. The quantitative estimate of drug-likeness (QED) is 0.518. The Kier molecular flexibility index (Phi) is 9.97. The summed E-state index contributed by atoms with van der Waals surface area (Å²) < 4.78 is 32.2. The van der Waals surface area contributed by atoms with Crippen LogP contribution in [0.25, 0.3) is 0 Å². The molecule has 0 N–H and O–H groups in total. The van der Waals surface area contributed by atoms with E-state index in [0.717, 1.165) is 34.5 Å². The molecule has 0 aliphatic rings. The fourth-order valence-electron chi connectivity index (χ4n) is 3.49. The maximum absolute atomic E-state index is 5.43. The summed E-state index contributed by atoms with van der Waals surface area (Å²) in [6.07, 6.45) is 0. The van der Waals surface area contributed by atoms with E-state index < -0.39 is 16.1 Å². The van der Waals surface area contributed by atoms with Gasteiger partial charge in [-0.1, -0.05) is 39.3 Å². The Balaban J connectivity index is 0.000000320. The summed E-state index contributed by atoms with van der Waals surface area (Å²) in [7, 11) is 6.98. The van der Waals surface area contributed by atoms with E-state index in [9.17, 15) is 0 Å². The van der Waals surface area contributed by atoms with E-state index >= 15 is 0 Å². The van der Waals surface area contributed by atoms with E-state index in [1.54, 1.807) is 42.7 Å². The molecule has 0 saturated carbocycles. The minimum absolute atomic E-state index is 0.760. The zero-order valence-electron chi connectivity index (χ0n) is 21.8. The van der Waals surface area contributed by atoms with Gasteiger partial charge in [0.25, 0.3) is 0 Å². The third-order valence-electron chi connectivity index (χ3n) is 4.93. The van der Waals surface area contributed by atoms with E-state index in [0.29, 0.717) is 0 Å². The number of benzene rings is 2. The molecule has 6 nitrogen and oxygen atoms in total. The van der Waals surface area contributed by atoms with Gasteiger partial charge in [-0.15, -0.1) is 0 Å². The van der Waals surface area contributed by atoms with Crippen molar-refractivity contribution in [3.63, 3.8) is 0 Å². The van der Waals surface area contributed by atoms with Crippen molar-refractivity contribution in [3.8, 4) is 34.5 Å². The average molecular weight is 481 g/mol. The second kappa shape index (κ2) is 11.5. The van der Waals surface area contributed by atoms with Gasteiger partial charge in [-0.2, -0.15) is 0 Å². The van der Waals surface area contributed by atoms with E-state index in [1.807, 2.05) is 24.3 Å². The molecule has 0 saturated heterocycles. The molecule has 8 heteroatoms. The normalized spacial score (nSPS) is 11.1. The Morgan fingerprint density at radius 1 is 0.406 bits per heavy atom. The fourth-order valence-corrected chi connectivity index (χ4v) is 7.14. The Morgan fingerprint density at radius 2 is 0.625 bits per heavy atom. The standard InChI is InChI=1S/2C12H20O3Si/c2*1-13-9-7-10(14-2)12(16(4,5)6)11(8-9)15-3/h2*7-8H,1-6H3. The van der Waals surface area contributed by atoms with Crippen molar-refractivity contribution in [2.24, 2.45) is 0 Å². The maximum atomic E-state index is 5.43. The molecule has 0 radical (unpaired) electrons. The monoisotopic (exact) mass is 480 g/mol. The molecule has 2 aromatic rings. The van der Waals surface area contributed by atoms with Crippen molar-refractivity contribution in [2.45, 2.75) is 39.3 Å². The second-order valence-electron chi connectivity index (χ2n) is 9.31. The van der Waals surface area contributed by atoms with Gasteiger partial charge >= 0.3 is 0 Å². The summed E-state index contributed by atoms with van der Waals surface area (Å²) in [5.41, 5.74) is 0. The molecule has 0 aliphatic carbocycles. The minimum atomic E-state index is -1.51. The predicted molar refractivity (Wildman–Crippen MR) is 138 cm³/mol. The lowest BCUT2D eigenvalue weighted by atomic mass is 10.3. The molecule has 0 heterocycles. The predicted octanol–water partition coefficient (Wildman–Crippen LogP) is 4.52. The van der Waals surface area contributed by atoms with Crippen molar-refractivity contribution in [3.05, 3.63) is 24.3 Å². The van der Waals surface area contributed by atoms with Crippen LogP contribution in [0.15, 0.2) is 24.3 Å². The van der Waals surface area contributed by atoms with Gasteiger partial charge < -0.3 is 28.4 Å². The summed E-state index contributed by atoms with van der Waals surface area (Å²) >= 11 is 0. The maximum Gasteiger partial charge on any atom is 0.126 e. The van der Waals surface area contributed by atoms with E-state index in [1.165, 1.54) is 10.4 Å². The highest BCUT2D eigenvalue weighted by Crippen LogP contribution is 2.29. The van der Waals surface area contributed by atoms with Crippen molar-refractivity contribution in [1.82, 2.24) is 0 Å². The molecule has 2 rings (SSSR count).